The quantitative estimate of drug-likeness (QED) is 0.616. The smallest absolute Gasteiger partial charge is 0.319 e. The number of urea groups is 1. The van der Waals surface area contributed by atoms with Gasteiger partial charge in [0.05, 0.1) is 6.54 Å². The fourth-order valence-corrected chi connectivity index (χ4v) is 2.41. The molecule has 5 heteroatoms. The van der Waals surface area contributed by atoms with Gasteiger partial charge in [-0.1, -0.05) is 18.2 Å². The zero-order chi connectivity index (χ0) is 18.4. The normalized spacial score (nSPS) is 10.2. The predicted molar refractivity (Wildman–Crippen MR) is 99.6 cm³/mol. The van der Waals surface area contributed by atoms with E-state index in [0.717, 1.165) is 11.3 Å². The van der Waals surface area contributed by atoms with E-state index < -0.39 is 0 Å². The Kier molecular flexibility index (Phi) is 6.17. The Morgan fingerprint density at radius 3 is 2.44 bits per heavy atom. The summed E-state index contributed by atoms with van der Waals surface area (Å²) >= 11 is 0. The Morgan fingerprint density at radius 1 is 1.00 bits per heavy atom. The maximum Gasteiger partial charge on any atom is 0.319 e. The Morgan fingerprint density at radius 2 is 1.72 bits per heavy atom. The second-order valence-corrected chi connectivity index (χ2v) is 6.07. The van der Waals surface area contributed by atoms with E-state index >= 15 is 0 Å². The van der Waals surface area contributed by atoms with Crippen molar-refractivity contribution in [1.29, 1.82) is 0 Å². The minimum absolute atomic E-state index is 0.0405. The Bertz CT molecular complexity index is 785. The number of aryl methyl sites for hydroxylation is 3. The fraction of sp³-hybridized carbons (Fsp3) is 0.300. The molecule has 2 N–H and O–H groups in total. The van der Waals surface area contributed by atoms with Crippen LogP contribution < -0.4 is 15.4 Å². The molecule has 0 saturated carbocycles. The largest absolute Gasteiger partial charge is 0.491 e. The molecule has 0 aliphatic rings. The summed E-state index contributed by atoms with van der Waals surface area (Å²) in [7, 11) is 0. The highest BCUT2D eigenvalue weighted by Gasteiger charge is 2.06. The van der Waals surface area contributed by atoms with Crippen molar-refractivity contribution in [1.82, 2.24) is 5.32 Å². The highest BCUT2D eigenvalue weighted by atomic mass is 16.5. The summed E-state index contributed by atoms with van der Waals surface area (Å²) in [5.41, 5.74) is 4.63. The Balaban J connectivity index is 1.80. The minimum atomic E-state index is -0.332. The van der Waals surface area contributed by atoms with Crippen molar-refractivity contribution >= 4 is 17.5 Å². The summed E-state index contributed by atoms with van der Waals surface area (Å²) in [6, 6.07) is 10.6. The second kappa shape index (κ2) is 8.33. The van der Waals surface area contributed by atoms with Crippen LogP contribution in [0.15, 0.2) is 36.4 Å². The molecule has 0 fully saturated rings. The molecule has 0 heterocycles. The van der Waals surface area contributed by atoms with Gasteiger partial charge in [-0.25, -0.2) is 4.79 Å². The summed E-state index contributed by atoms with van der Waals surface area (Å²) in [5, 5.41) is 5.44. The minimum Gasteiger partial charge on any atom is -0.491 e. The van der Waals surface area contributed by atoms with Gasteiger partial charge in [0.1, 0.15) is 12.4 Å². The van der Waals surface area contributed by atoms with Crippen LogP contribution in [-0.2, 0) is 0 Å². The summed E-state index contributed by atoms with van der Waals surface area (Å²) < 4.78 is 5.74. The molecule has 0 radical (unpaired) electrons. The number of benzene rings is 2. The fourth-order valence-electron chi connectivity index (χ4n) is 2.41. The highest BCUT2D eigenvalue weighted by Crippen LogP contribution is 2.22. The zero-order valence-corrected chi connectivity index (χ0v) is 15.1. The van der Waals surface area contributed by atoms with E-state index in [-0.39, 0.29) is 11.8 Å². The molecule has 2 amide bonds. The molecule has 0 aromatic heterocycles. The van der Waals surface area contributed by atoms with Gasteiger partial charge in [-0.3, -0.25) is 4.79 Å². The molecular formula is C20H24N2O3. The van der Waals surface area contributed by atoms with Gasteiger partial charge in [-0.2, -0.15) is 0 Å². The number of ketones is 1. The number of Topliss-reactive ketones (excluding diaryl/α,β-unsaturated/α-hetero) is 1. The molecule has 2 aromatic carbocycles. The molecule has 0 spiro atoms. The Hall–Kier alpha value is -2.82. The van der Waals surface area contributed by atoms with E-state index in [9.17, 15) is 9.59 Å². The maximum absolute atomic E-state index is 11.9. The zero-order valence-electron chi connectivity index (χ0n) is 15.1. The number of hydrogen-bond acceptors (Lipinski definition) is 3. The number of carbonyl (C=O) groups excluding carboxylic acids is 2. The summed E-state index contributed by atoms with van der Waals surface area (Å²) in [4.78, 5) is 23.3. The van der Waals surface area contributed by atoms with Crippen molar-refractivity contribution in [3.8, 4) is 5.75 Å². The summed E-state index contributed by atoms with van der Waals surface area (Å²) in [6.45, 7) is 8.37. The number of rotatable bonds is 6. The average molecular weight is 340 g/mol. The topological polar surface area (TPSA) is 67.4 Å². The van der Waals surface area contributed by atoms with Crippen molar-refractivity contribution in [2.24, 2.45) is 0 Å². The van der Waals surface area contributed by atoms with Crippen LogP contribution in [0.1, 0.15) is 34.0 Å². The van der Waals surface area contributed by atoms with Crippen LogP contribution in [0, 0.1) is 20.8 Å². The lowest BCUT2D eigenvalue weighted by atomic mass is 10.1. The molecule has 132 valence electrons. The summed E-state index contributed by atoms with van der Waals surface area (Å²) in [5.74, 6) is 0.792. The molecule has 2 aromatic rings. The average Bonchev–Trinajstić information content (AvgIpc) is 2.56. The number of carbonyl (C=O) groups is 2. The van der Waals surface area contributed by atoms with Gasteiger partial charge in [0.25, 0.3) is 0 Å². The van der Waals surface area contributed by atoms with Gasteiger partial charge < -0.3 is 15.4 Å². The SMILES string of the molecule is CC(=O)c1cccc(NC(=O)NCCOc2cc(C)c(C)cc2C)c1. The lowest BCUT2D eigenvalue weighted by molar-refractivity contribution is 0.101. The molecule has 0 bridgehead atoms. The van der Waals surface area contributed by atoms with Gasteiger partial charge in [0.2, 0.25) is 0 Å². The lowest BCUT2D eigenvalue weighted by Gasteiger charge is -2.13. The first-order valence-corrected chi connectivity index (χ1v) is 8.23. The van der Waals surface area contributed by atoms with E-state index in [4.69, 9.17) is 4.74 Å². The van der Waals surface area contributed by atoms with Crippen LogP contribution in [0.25, 0.3) is 0 Å². The third-order valence-corrected chi connectivity index (χ3v) is 3.96. The van der Waals surface area contributed by atoms with Crippen molar-refractivity contribution in [2.45, 2.75) is 27.7 Å². The molecule has 2 rings (SSSR count). The number of ether oxygens (including phenoxy) is 1. The summed E-state index contributed by atoms with van der Waals surface area (Å²) in [6.07, 6.45) is 0. The molecule has 0 unspecified atom stereocenters. The van der Waals surface area contributed by atoms with Crippen molar-refractivity contribution in [3.05, 3.63) is 58.7 Å². The maximum atomic E-state index is 11.9. The molecule has 0 saturated heterocycles. The van der Waals surface area contributed by atoms with Crippen LogP contribution in [0.2, 0.25) is 0 Å². The molecular weight excluding hydrogens is 316 g/mol. The van der Waals surface area contributed by atoms with E-state index in [2.05, 4.69) is 23.6 Å². The molecule has 0 atom stereocenters. The van der Waals surface area contributed by atoms with Crippen LogP contribution in [0.3, 0.4) is 0 Å². The van der Waals surface area contributed by atoms with Gasteiger partial charge in [-0.05, 0) is 62.6 Å². The third kappa shape index (κ3) is 5.35. The molecule has 0 aliphatic carbocycles. The molecule has 5 nitrogen and oxygen atoms in total. The van der Waals surface area contributed by atoms with Gasteiger partial charge in [-0.15, -0.1) is 0 Å². The van der Waals surface area contributed by atoms with E-state index in [1.807, 2.05) is 19.9 Å². The second-order valence-electron chi connectivity index (χ2n) is 6.07. The number of hydrogen-bond donors (Lipinski definition) is 2. The van der Waals surface area contributed by atoms with Crippen molar-refractivity contribution in [3.63, 3.8) is 0 Å². The predicted octanol–water partition coefficient (Wildman–Crippen LogP) is 4.01. The van der Waals surface area contributed by atoms with Crippen LogP contribution in [0.5, 0.6) is 5.75 Å². The van der Waals surface area contributed by atoms with Crippen molar-refractivity contribution in [2.75, 3.05) is 18.5 Å². The van der Waals surface area contributed by atoms with Crippen LogP contribution in [0.4, 0.5) is 10.5 Å². The monoisotopic (exact) mass is 340 g/mol. The first-order valence-electron chi connectivity index (χ1n) is 8.23. The number of amides is 2. The third-order valence-electron chi connectivity index (χ3n) is 3.96. The van der Waals surface area contributed by atoms with Crippen molar-refractivity contribution < 1.29 is 14.3 Å². The lowest BCUT2D eigenvalue weighted by Crippen LogP contribution is -2.32. The van der Waals surface area contributed by atoms with Gasteiger partial charge in [0.15, 0.2) is 5.78 Å². The first-order chi connectivity index (χ1) is 11.9. The number of nitrogens with one attached hydrogen (secondary N) is 2. The van der Waals surface area contributed by atoms with Crippen LogP contribution in [-0.4, -0.2) is 25.0 Å². The van der Waals surface area contributed by atoms with Gasteiger partial charge in [0, 0.05) is 11.3 Å². The number of anilines is 1. The standard InChI is InChI=1S/C20H24N2O3/c1-13-10-15(3)19(11-14(13)2)25-9-8-21-20(24)22-18-7-5-6-17(12-18)16(4)23/h5-7,10-12H,8-9H2,1-4H3,(H2,21,22,24). The van der Waals surface area contributed by atoms with E-state index in [1.54, 1.807) is 24.3 Å². The first kappa shape index (κ1) is 18.5. The Labute approximate surface area is 148 Å². The van der Waals surface area contributed by atoms with Gasteiger partial charge >= 0.3 is 6.03 Å². The molecule has 25 heavy (non-hydrogen) atoms. The van der Waals surface area contributed by atoms with E-state index in [0.29, 0.717) is 24.4 Å². The highest BCUT2D eigenvalue weighted by molar-refractivity contribution is 5.96. The van der Waals surface area contributed by atoms with E-state index in [1.165, 1.54) is 18.1 Å². The molecule has 0 aliphatic heterocycles. The van der Waals surface area contributed by atoms with Crippen LogP contribution >= 0.6 is 0 Å².